The number of fused-ring (bicyclic) bond motifs is 3. The molecule has 16 nitrogen and oxygen atoms in total. The van der Waals surface area contributed by atoms with Crippen molar-refractivity contribution in [1.82, 2.24) is 43.7 Å². The fraction of sp³-hybridized carbons (Fsp3) is 0.421. The number of carbonyl (C=O) groups excluding carboxylic acids is 1. The van der Waals surface area contributed by atoms with Crippen molar-refractivity contribution in [2.75, 3.05) is 26.4 Å². The molecule has 6 saturated carbocycles. The summed E-state index contributed by atoms with van der Waals surface area (Å²) in [6.45, 7) is 8.00. The van der Waals surface area contributed by atoms with Crippen LogP contribution in [0.5, 0.6) is 0 Å². The molecule has 80 heavy (non-hydrogen) atoms. The van der Waals surface area contributed by atoms with E-state index in [1.807, 2.05) is 96.5 Å². The van der Waals surface area contributed by atoms with Crippen LogP contribution in [0.2, 0.25) is 0 Å². The number of halogens is 4. The summed E-state index contributed by atoms with van der Waals surface area (Å²) in [4.78, 5) is 45.7. The Balaban J connectivity index is 0.000000342. The minimum atomic E-state index is -0.887. The van der Waals surface area contributed by atoms with Gasteiger partial charge in [-0.05, 0) is 151 Å². The number of aromatic nitrogens is 9. The molecule has 1 atom stereocenters. The molecule has 7 heterocycles. The number of aldehydes is 1. The molecule has 414 valence electrons. The van der Waals surface area contributed by atoms with Crippen LogP contribution < -0.4 is 72.8 Å². The number of aliphatic hydroxyl groups is 1. The first-order valence-corrected chi connectivity index (χ1v) is 26.5. The first kappa shape index (κ1) is 73.0. The number of rotatable bonds is 5. The Bertz CT molecular complexity index is 3350. The molecular formula is C57H66Cl3ILiMg2N9O7. The molecule has 0 radical (unpaired) electrons. The van der Waals surface area contributed by atoms with Gasteiger partial charge in [0.1, 0.15) is 17.5 Å². The molecule has 8 aromatic rings. The van der Waals surface area contributed by atoms with E-state index in [2.05, 4.69) is 49.3 Å². The van der Waals surface area contributed by atoms with Crippen molar-refractivity contribution < 1.29 is 75.5 Å². The van der Waals surface area contributed by atoms with Crippen molar-refractivity contribution in [3.8, 4) is 0 Å². The van der Waals surface area contributed by atoms with Crippen molar-refractivity contribution in [2.24, 2.45) is 33.0 Å². The van der Waals surface area contributed by atoms with Gasteiger partial charge in [-0.1, -0.05) is 28.6 Å². The van der Waals surface area contributed by atoms with Gasteiger partial charge in [0.05, 0.1) is 23.5 Å². The third-order valence-corrected chi connectivity index (χ3v) is 15.4. The number of aryl methyl sites for hydroxylation is 3. The minimum absolute atomic E-state index is 0. The minimum Gasteiger partial charge on any atom is -1.00 e. The average Bonchev–Trinajstić information content (AvgIpc) is 4.23. The number of benzene rings is 3. The summed E-state index contributed by atoms with van der Waals surface area (Å²) in [7, 11) is 5.23. The van der Waals surface area contributed by atoms with Gasteiger partial charge in [-0.25, -0.2) is 9.36 Å². The number of aliphatic hydroxyl groups excluding tert-OH is 1. The Kier molecular flexibility index (Phi) is 31.0. The third kappa shape index (κ3) is 17.0. The summed E-state index contributed by atoms with van der Waals surface area (Å²) in [5.74, 6) is 1.78. The van der Waals surface area contributed by atoms with Gasteiger partial charge < -0.3 is 71.9 Å². The van der Waals surface area contributed by atoms with Gasteiger partial charge in [0.2, 0.25) is 5.56 Å². The van der Waals surface area contributed by atoms with E-state index in [1.165, 1.54) is 68.8 Å². The average molecular weight is 1280 g/mol. The zero-order valence-corrected chi connectivity index (χ0v) is 53.7. The first-order valence-electron chi connectivity index (χ1n) is 25.5. The smallest absolute Gasteiger partial charge is 1.00 e. The topological polar surface area (TPSA) is 183 Å². The number of hydrogen-bond acceptors (Lipinski definition) is 11. The fourth-order valence-corrected chi connectivity index (χ4v) is 10.7. The SMILES string of the molecule is C1CCOC1.C1CCOC1.C[CH-]C.Cn1ccc2[c-]cccc2c1=O.Cn1ccc2c(C(O)c3cn(C45CC(C4)C5)nn3)cccc2c1=O.Cn1ccc2c(I)cccc2c1=O.O=Cc1cn(C23CC(C2)C3)nn1.[Cl-].[Cl-].[Cl-].[Li+].[Mg+2].[Mg+2]. The van der Waals surface area contributed by atoms with E-state index in [1.54, 1.807) is 67.2 Å². The molecule has 8 fully saturated rings. The fourth-order valence-electron chi connectivity index (χ4n) is 10.00. The number of nitrogens with zero attached hydrogens (tertiary/aromatic N) is 9. The van der Waals surface area contributed by atoms with Crippen LogP contribution in [0.3, 0.4) is 0 Å². The van der Waals surface area contributed by atoms with Crippen molar-refractivity contribution >= 4 is 107 Å². The molecule has 0 amide bonds. The Labute approximate surface area is 543 Å². The standard InChI is InChI=1S/C18H18N4O2.C10H8INO.C10H8NO.C8H9N3O.2C4H8O.C3H7.3ClH.Li.2Mg/c1-21-6-5-12-13(3-2-4-14(12)17(21)24)16(23)15-10-22(20-19-15)18-7-11(8-18)9-18;1-12-6-5-7-8(10(12)13)3-2-4-9(7)11;1-11-7-6-8-4-2-3-5-9(8)10(11)12;12-5-7-4-11(10-9-7)8-1-6(2-8)3-8;2*1-2-4-5-3-1;1-3-2;;;;;;/h2-6,10-11,16,23H,7-9H2,1H3;2-6H,1H3;2-3,5-7H,1H3;4-6H,1-3H2;2*1-4H2;3H,1-2H3;3*1H;;;/q;;-1;;;;-1;;;;+1;2*+2/p-3. The maximum atomic E-state index is 12.3. The quantitative estimate of drug-likeness (QED) is 0.0766. The first-order chi connectivity index (χ1) is 35.8. The molecule has 16 rings (SSSR count). The Morgan fingerprint density at radius 2 is 1.07 bits per heavy atom. The molecule has 23 heteroatoms. The predicted molar refractivity (Wildman–Crippen MR) is 307 cm³/mol. The number of pyridine rings is 3. The van der Waals surface area contributed by atoms with Crippen LogP contribution in [0.4, 0.5) is 0 Å². The van der Waals surface area contributed by atoms with Crippen LogP contribution in [0.25, 0.3) is 32.3 Å². The zero-order chi connectivity index (χ0) is 52.4. The summed E-state index contributed by atoms with van der Waals surface area (Å²) < 4.78 is 19.5. The van der Waals surface area contributed by atoms with Gasteiger partial charge in [0.15, 0.2) is 6.29 Å². The van der Waals surface area contributed by atoms with Gasteiger partial charge in [-0.3, -0.25) is 19.2 Å². The van der Waals surface area contributed by atoms with Gasteiger partial charge in [-0.15, -0.1) is 45.9 Å². The molecule has 2 saturated heterocycles. The number of hydrogen-bond donors (Lipinski definition) is 1. The number of ether oxygens (including phenoxy) is 2. The van der Waals surface area contributed by atoms with Gasteiger partial charge in [-0.2, -0.15) is 13.8 Å². The van der Waals surface area contributed by atoms with E-state index in [0.717, 1.165) is 75.1 Å². The van der Waals surface area contributed by atoms with E-state index < -0.39 is 6.10 Å². The molecule has 1 N–H and O–H groups in total. The molecule has 4 bridgehead atoms. The second-order valence-electron chi connectivity index (χ2n) is 20.0. The summed E-state index contributed by atoms with van der Waals surface area (Å²) in [6.07, 6.45) is 23.1. The second-order valence-corrected chi connectivity index (χ2v) is 21.2. The molecule has 0 spiro atoms. The van der Waals surface area contributed by atoms with Gasteiger partial charge in [0, 0.05) is 79.7 Å². The van der Waals surface area contributed by atoms with Crippen LogP contribution in [-0.4, -0.2) is 128 Å². The summed E-state index contributed by atoms with van der Waals surface area (Å²) in [5, 5.41) is 31.7. The van der Waals surface area contributed by atoms with Crippen LogP contribution in [-0.2, 0) is 41.7 Å². The van der Waals surface area contributed by atoms with Crippen molar-refractivity contribution in [3.63, 3.8) is 0 Å². The molecule has 3 aromatic carbocycles. The van der Waals surface area contributed by atoms with Gasteiger partial charge >= 0.3 is 65.0 Å². The molecule has 6 aliphatic carbocycles. The normalized spacial score (nSPS) is 19.8. The van der Waals surface area contributed by atoms with E-state index in [0.29, 0.717) is 22.3 Å². The van der Waals surface area contributed by atoms with E-state index in [-0.39, 0.29) is 130 Å². The molecule has 8 aliphatic rings. The third-order valence-electron chi connectivity index (χ3n) is 14.5. The Hall–Kier alpha value is -3.15. The van der Waals surface area contributed by atoms with E-state index >= 15 is 0 Å². The maximum absolute atomic E-state index is 12.3. The van der Waals surface area contributed by atoms with Gasteiger partial charge in [0.25, 0.3) is 11.1 Å². The molecule has 2 aliphatic heterocycles. The molecule has 1 unspecified atom stereocenters. The van der Waals surface area contributed by atoms with E-state index in [4.69, 9.17) is 9.47 Å². The van der Waals surface area contributed by atoms with Crippen LogP contribution in [0.15, 0.2) is 118 Å². The van der Waals surface area contributed by atoms with Crippen molar-refractivity contribution in [1.29, 1.82) is 0 Å². The number of carbonyl (C=O) groups is 1. The zero-order valence-electron chi connectivity index (χ0n) is 46.4. The monoisotopic (exact) mass is 1280 g/mol. The van der Waals surface area contributed by atoms with Crippen LogP contribution in [0, 0.1) is 27.9 Å². The van der Waals surface area contributed by atoms with Crippen LogP contribution in [0.1, 0.15) is 106 Å². The van der Waals surface area contributed by atoms with Crippen LogP contribution >= 0.6 is 22.6 Å². The molecule has 5 aromatic heterocycles. The largest absolute Gasteiger partial charge is 2.00 e. The summed E-state index contributed by atoms with van der Waals surface area (Å²) in [6, 6.07) is 25.4. The Morgan fingerprint density at radius 3 is 1.54 bits per heavy atom. The molecular weight excluding hydrogens is 1210 g/mol. The second kappa shape index (κ2) is 34.0. The van der Waals surface area contributed by atoms with Crippen molar-refractivity contribution in [3.05, 3.63) is 168 Å². The van der Waals surface area contributed by atoms with E-state index in [9.17, 15) is 24.3 Å². The Morgan fingerprint density at radius 1 is 0.637 bits per heavy atom. The predicted octanol–water partition coefficient (Wildman–Crippen LogP) is -4.12. The van der Waals surface area contributed by atoms with Crippen molar-refractivity contribution in [2.45, 2.75) is 95.2 Å². The summed E-state index contributed by atoms with van der Waals surface area (Å²) >= 11 is 2.24. The maximum Gasteiger partial charge on any atom is 2.00 e. The summed E-state index contributed by atoms with van der Waals surface area (Å²) in [5.41, 5.74) is 2.12.